The summed E-state index contributed by atoms with van der Waals surface area (Å²) in [5, 5.41) is 0. The smallest absolute Gasteiger partial charge is 0.237 e. The van der Waals surface area contributed by atoms with Crippen LogP contribution in [0.15, 0.2) is 12.4 Å². The molecule has 1 heterocycles. The second-order valence-corrected chi connectivity index (χ2v) is 7.10. The Bertz CT molecular complexity index is 493. The predicted molar refractivity (Wildman–Crippen MR) is 79.2 cm³/mol. The van der Waals surface area contributed by atoms with Crippen LogP contribution in [0.2, 0.25) is 0 Å². The van der Waals surface area contributed by atoms with Gasteiger partial charge in [-0.25, -0.2) is 4.98 Å². The largest absolute Gasteiger partial charge is 0.480 e. The number of ether oxygens (including phenoxy) is 1. The third-order valence-corrected chi connectivity index (χ3v) is 6.04. The van der Waals surface area contributed by atoms with Crippen LogP contribution in [0.3, 0.4) is 0 Å². The molecule has 3 N–H and O–H groups in total. The summed E-state index contributed by atoms with van der Waals surface area (Å²) in [6, 6.07) is 0.0589. The van der Waals surface area contributed by atoms with Gasteiger partial charge < -0.3 is 4.74 Å². The topological polar surface area (TPSA) is 73.1 Å². The number of hydrogen-bond donors (Lipinski definition) is 2. The Morgan fingerprint density at radius 1 is 1.10 bits per heavy atom. The molecule has 5 rings (SSSR count). The fourth-order valence-corrected chi connectivity index (χ4v) is 5.59. The quantitative estimate of drug-likeness (QED) is 0.655. The molecule has 4 fully saturated rings. The molecule has 21 heavy (non-hydrogen) atoms. The number of hydrogen-bond acceptors (Lipinski definition) is 5. The second-order valence-electron chi connectivity index (χ2n) is 7.10. The Balaban J connectivity index is 1.67. The highest BCUT2D eigenvalue weighted by Crippen LogP contribution is 2.59. The molecule has 4 aliphatic carbocycles. The van der Waals surface area contributed by atoms with Gasteiger partial charge in [0.1, 0.15) is 5.69 Å². The van der Waals surface area contributed by atoms with Crippen LogP contribution in [0, 0.1) is 29.6 Å². The van der Waals surface area contributed by atoms with Gasteiger partial charge in [0, 0.05) is 12.4 Å². The number of nitrogens with one attached hydrogen (secondary N) is 1. The minimum atomic E-state index is 0.0589. The lowest BCUT2D eigenvalue weighted by atomic mass is 9.50. The van der Waals surface area contributed by atoms with Crippen molar-refractivity contribution in [3.8, 4) is 5.88 Å². The summed E-state index contributed by atoms with van der Waals surface area (Å²) >= 11 is 0. The van der Waals surface area contributed by atoms with Gasteiger partial charge in [0.25, 0.3) is 0 Å². The molecule has 1 atom stereocenters. The van der Waals surface area contributed by atoms with E-state index in [1.54, 1.807) is 19.5 Å². The van der Waals surface area contributed by atoms with Gasteiger partial charge in [0.05, 0.1) is 13.2 Å². The Kier molecular flexibility index (Phi) is 3.34. The van der Waals surface area contributed by atoms with Gasteiger partial charge in [-0.1, -0.05) is 0 Å². The molecular weight excluding hydrogens is 264 g/mol. The van der Waals surface area contributed by atoms with E-state index in [0.717, 1.165) is 29.4 Å². The van der Waals surface area contributed by atoms with Crippen LogP contribution >= 0.6 is 0 Å². The monoisotopic (exact) mass is 288 g/mol. The average Bonchev–Trinajstić information content (AvgIpc) is 2.50. The molecule has 0 saturated heterocycles. The van der Waals surface area contributed by atoms with Crippen LogP contribution < -0.4 is 16.0 Å². The first-order valence-electron chi connectivity index (χ1n) is 8.11. The van der Waals surface area contributed by atoms with Crippen molar-refractivity contribution in [2.24, 2.45) is 35.4 Å². The zero-order valence-electron chi connectivity index (χ0n) is 12.5. The van der Waals surface area contributed by atoms with Crippen molar-refractivity contribution in [1.82, 2.24) is 15.4 Å². The molecule has 4 saturated carbocycles. The molecule has 0 radical (unpaired) electrons. The second kappa shape index (κ2) is 5.21. The molecule has 1 unspecified atom stereocenters. The molecule has 0 aromatic carbocycles. The van der Waals surface area contributed by atoms with E-state index in [2.05, 4.69) is 15.4 Å². The molecule has 114 valence electrons. The average molecular weight is 288 g/mol. The van der Waals surface area contributed by atoms with Gasteiger partial charge in [-0.15, -0.1) is 0 Å². The summed E-state index contributed by atoms with van der Waals surface area (Å²) in [6.45, 7) is 0. The van der Waals surface area contributed by atoms with E-state index < -0.39 is 0 Å². The molecule has 5 nitrogen and oxygen atoms in total. The molecular formula is C16H24N4O. The van der Waals surface area contributed by atoms with Gasteiger partial charge in [-0.3, -0.25) is 16.3 Å². The summed E-state index contributed by atoms with van der Waals surface area (Å²) in [4.78, 5) is 8.82. The number of rotatable bonds is 4. The maximum atomic E-state index is 5.94. The van der Waals surface area contributed by atoms with E-state index in [1.165, 1.54) is 32.1 Å². The highest BCUT2D eigenvalue weighted by atomic mass is 16.5. The van der Waals surface area contributed by atoms with Crippen LogP contribution in [0.1, 0.15) is 43.8 Å². The first kappa shape index (κ1) is 13.5. The highest BCUT2D eigenvalue weighted by molar-refractivity contribution is 5.23. The molecule has 1 aromatic rings. The van der Waals surface area contributed by atoms with E-state index in [9.17, 15) is 0 Å². The SMILES string of the molecule is COc1nccnc1C(NN)C1C2CC3CC(C2)CC1C3. The van der Waals surface area contributed by atoms with Crippen molar-refractivity contribution in [3.05, 3.63) is 18.1 Å². The van der Waals surface area contributed by atoms with Crippen LogP contribution in [-0.2, 0) is 0 Å². The van der Waals surface area contributed by atoms with Crippen molar-refractivity contribution in [2.75, 3.05) is 7.11 Å². The van der Waals surface area contributed by atoms with E-state index >= 15 is 0 Å². The fourth-order valence-electron chi connectivity index (χ4n) is 5.59. The summed E-state index contributed by atoms with van der Waals surface area (Å²) in [5.74, 6) is 10.6. The van der Waals surface area contributed by atoms with Crippen LogP contribution in [0.4, 0.5) is 0 Å². The number of nitrogens with two attached hydrogens (primary N) is 1. The van der Waals surface area contributed by atoms with Crippen LogP contribution in [-0.4, -0.2) is 17.1 Å². The first-order valence-corrected chi connectivity index (χ1v) is 8.11. The van der Waals surface area contributed by atoms with Crippen molar-refractivity contribution in [3.63, 3.8) is 0 Å². The Labute approximate surface area is 125 Å². The molecule has 4 aliphatic rings. The Morgan fingerprint density at radius 3 is 2.29 bits per heavy atom. The lowest BCUT2D eigenvalue weighted by Gasteiger charge is -2.56. The summed E-state index contributed by atoms with van der Waals surface area (Å²) < 4.78 is 5.40. The molecule has 0 amide bonds. The van der Waals surface area contributed by atoms with Gasteiger partial charge in [-0.2, -0.15) is 0 Å². The zero-order chi connectivity index (χ0) is 14.4. The Hall–Kier alpha value is -1.20. The minimum Gasteiger partial charge on any atom is -0.480 e. The maximum absolute atomic E-state index is 5.94. The van der Waals surface area contributed by atoms with Crippen LogP contribution in [0.25, 0.3) is 0 Å². The van der Waals surface area contributed by atoms with E-state index in [-0.39, 0.29) is 6.04 Å². The fraction of sp³-hybridized carbons (Fsp3) is 0.750. The van der Waals surface area contributed by atoms with E-state index in [4.69, 9.17) is 10.6 Å². The third-order valence-electron chi connectivity index (χ3n) is 6.04. The number of aromatic nitrogens is 2. The molecule has 0 aliphatic heterocycles. The molecule has 1 aromatic heterocycles. The first-order chi connectivity index (χ1) is 10.3. The lowest BCUT2D eigenvalue weighted by Crippen LogP contribution is -2.51. The Morgan fingerprint density at radius 2 is 1.71 bits per heavy atom. The summed E-state index contributed by atoms with van der Waals surface area (Å²) in [7, 11) is 1.65. The number of methoxy groups -OCH3 is 1. The van der Waals surface area contributed by atoms with Gasteiger partial charge in [0.2, 0.25) is 5.88 Å². The normalized spacial score (nSPS) is 38.5. The van der Waals surface area contributed by atoms with E-state index in [1.807, 2.05) is 0 Å². The summed E-state index contributed by atoms with van der Waals surface area (Å²) in [6.07, 6.45) is 10.4. The van der Waals surface area contributed by atoms with Crippen molar-refractivity contribution in [1.29, 1.82) is 0 Å². The standard InChI is InChI=1S/C16H24N4O/c1-21-16-15(18-2-3-19-16)14(20-17)13-11-5-9-4-10(7-11)8-12(13)6-9/h2-3,9-14,20H,4-8,17H2,1H3. The van der Waals surface area contributed by atoms with Crippen molar-refractivity contribution < 1.29 is 4.74 Å². The lowest BCUT2D eigenvalue weighted by molar-refractivity contribution is -0.0535. The minimum absolute atomic E-state index is 0.0589. The number of nitrogens with zero attached hydrogens (tertiary/aromatic N) is 2. The molecule has 5 heteroatoms. The number of hydrazine groups is 1. The van der Waals surface area contributed by atoms with Crippen molar-refractivity contribution >= 4 is 0 Å². The van der Waals surface area contributed by atoms with Gasteiger partial charge >= 0.3 is 0 Å². The molecule has 4 bridgehead atoms. The highest BCUT2D eigenvalue weighted by Gasteiger charge is 2.51. The van der Waals surface area contributed by atoms with Crippen LogP contribution in [0.5, 0.6) is 5.88 Å². The maximum Gasteiger partial charge on any atom is 0.237 e. The molecule has 0 spiro atoms. The van der Waals surface area contributed by atoms with Gasteiger partial charge in [0.15, 0.2) is 0 Å². The van der Waals surface area contributed by atoms with Crippen molar-refractivity contribution in [2.45, 2.75) is 38.1 Å². The third kappa shape index (κ3) is 2.14. The zero-order valence-corrected chi connectivity index (χ0v) is 12.5. The van der Waals surface area contributed by atoms with Gasteiger partial charge in [-0.05, 0) is 61.7 Å². The van der Waals surface area contributed by atoms with E-state index in [0.29, 0.717) is 11.8 Å². The predicted octanol–water partition coefficient (Wildman–Crippen LogP) is 2.06. The summed E-state index contributed by atoms with van der Waals surface area (Å²) in [5.41, 5.74) is 3.91.